The maximum absolute atomic E-state index is 5.79. The Balaban J connectivity index is 1.02. The summed E-state index contributed by atoms with van der Waals surface area (Å²) >= 11 is 0. The van der Waals surface area contributed by atoms with Crippen molar-refractivity contribution in [2.24, 2.45) is 0 Å². The van der Waals surface area contributed by atoms with Gasteiger partial charge in [-0.3, -0.25) is 0 Å². The summed E-state index contributed by atoms with van der Waals surface area (Å²) in [5.41, 5.74) is 35.7. The van der Waals surface area contributed by atoms with Crippen molar-refractivity contribution in [1.29, 1.82) is 0 Å². The number of H-pyrrole nitrogens is 4. The average Bonchev–Trinajstić information content (AvgIpc) is 1.56. The molecule has 0 atom stereocenters. The van der Waals surface area contributed by atoms with E-state index >= 15 is 0 Å². The van der Waals surface area contributed by atoms with Crippen molar-refractivity contribution >= 4 is 92.7 Å². The Labute approximate surface area is 711 Å². The molecule has 4 N–H and O–H groups in total. The van der Waals surface area contributed by atoms with E-state index in [2.05, 4.69) is 440 Å². The molecule has 0 saturated carbocycles. The third kappa shape index (κ3) is 16.3. The second kappa shape index (κ2) is 29.9. The summed E-state index contributed by atoms with van der Waals surface area (Å²) in [6.45, 7) is 55.2. The lowest BCUT2D eigenvalue weighted by molar-refractivity contribution is 0.568. The van der Waals surface area contributed by atoms with Crippen LogP contribution in [-0.4, -0.2) is 39.9 Å². The minimum absolute atomic E-state index is 0.164. The molecule has 120 heavy (non-hydrogen) atoms. The van der Waals surface area contributed by atoms with Gasteiger partial charge in [0.15, 0.2) is 0 Å². The van der Waals surface area contributed by atoms with E-state index in [1.807, 2.05) is 0 Å². The average molecular weight is 1570 g/mol. The minimum Gasteiger partial charge on any atom is -0.354 e. The third-order valence-electron chi connectivity index (χ3n) is 23.9. The van der Waals surface area contributed by atoms with Crippen molar-refractivity contribution in [3.05, 3.63) is 283 Å². The van der Waals surface area contributed by atoms with Gasteiger partial charge in [-0.05, 0) is 242 Å². The highest BCUT2D eigenvalue weighted by molar-refractivity contribution is 6.02. The lowest BCUT2D eigenvalue weighted by Gasteiger charge is -2.26. The van der Waals surface area contributed by atoms with Gasteiger partial charge < -0.3 is 19.9 Å². The Bertz CT molecular complexity index is 6130. The molecule has 6 aromatic carbocycles. The molecule has 16 bridgehead atoms. The number of aromatic nitrogens is 8. The summed E-state index contributed by atoms with van der Waals surface area (Å²) in [5, 5.41) is 0. The summed E-state index contributed by atoms with van der Waals surface area (Å²) in [6, 6.07) is 67.4. The first kappa shape index (κ1) is 81.4. The first-order valence-electron chi connectivity index (χ1n) is 42.6. The van der Waals surface area contributed by atoms with Crippen LogP contribution in [0.5, 0.6) is 0 Å². The number of aromatic amines is 4. The molecule has 4 aliphatic heterocycles. The van der Waals surface area contributed by atoms with Crippen molar-refractivity contribution < 1.29 is 0 Å². The molecule has 0 saturated heterocycles. The summed E-state index contributed by atoms with van der Waals surface area (Å²) in [5.74, 6) is 14.5. The maximum Gasteiger partial charge on any atom is 0.0815 e. The molecule has 0 fully saturated rings. The molecule has 6 aromatic heterocycles. The Kier molecular flexibility index (Phi) is 20.3. The summed E-state index contributed by atoms with van der Waals surface area (Å²) in [7, 11) is 0. The van der Waals surface area contributed by atoms with Crippen LogP contribution >= 0.6 is 0 Å². The van der Waals surface area contributed by atoms with Crippen molar-refractivity contribution in [3.8, 4) is 90.4 Å². The fourth-order valence-electron chi connectivity index (χ4n) is 16.4. The molecule has 0 aliphatic carbocycles. The molecule has 0 spiro atoms. The highest BCUT2D eigenvalue weighted by Crippen LogP contribution is 2.46. The molecule has 4 aliphatic rings. The normalized spacial score (nSPS) is 13.2. The second-order valence-corrected chi connectivity index (χ2v) is 41.4. The molecule has 0 amide bonds. The molecule has 0 unspecified atom stereocenters. The van der Waals surface area contributed by atoms with Gasteiger partial charge in [0.05, 0.1) is 67.7 Å². The Morgan fingerprint density at radius 2 is 0.367 bits per heavy atom. The molecule has 0 radical (unpaired) electrons. The van der Waals surface area contributed by atoms with Gasteiger partial charge >= 0.3 is 0 Å². The predicted octanol–water partition coefficient (Wildman–Crippen LogP) is 29.4. The Morgan fingerprint density at radius 3 is 0.575 bits per heavy atom. The van der Waals surface area contributed by atoms with E-state index in [4.69, 9.17) is 19.9 Å². The number of hydrogen-bond donors (Lipinski definition) is 4. The van der Waals surface area contributed by atoms with Crippen LogP contribution in [0.4, 0.5) is 0 Å². The molecule has 12 aromatic rings. The lowest BCUT2D eigenvalue weighted by Crippen LogP contribution is -2.16. The number of fused-ring (bicyclic) bond motifs is 16. The van der Waals surface area contributed by atoms with Gasteiger partial charge in [0.2, 0.25) is 0 Å². The Morgan fingerprint density at radius 1 is 0.192 bits per heavy atom. The van der Waals surface area contributed by atoms with Crippen LogP contribution in [0, 0.1) is 23.7 Å². The standard InChI is InChI=1S/C112H114N8/c1-105(2,3)73-55-69(56-74(63-73)106(4,5)6)101-91-43-39-83(113-91)81(84-40-44-92(114-84)102(70-57-75(107(7,8)9)64-76(58-70)108(10,11)12)96-52-48-88(118-96)99(67-33-27-25-28-34-67)87-47-51-95(101)117-87)37-31-32-38-82-85-41-45-93(115-85)103(71-59-77(109(13,14)15)65-78(60-71)110(16,17)18)97-53-49-89(119-97)100(68-35-29-26-30-36-68)90-50-54-98(120-90)104(94-46-42-86(82)116-94)72-61-79(111(19,20)21)66-80(62-72)112(22,23)24/h25-30,33-36,39-66,113,115,118,120H,1-24H3. The minimum atomic E-state index is -0.164. The molecule has 10 heterocycles. The molecule has 602 valence electrons. The zero-order chi connectivity index (χ0) is 85.3. The second-order valence-electron chi connectivity index (χ2n) is 41.4. The number of nitrogens with one attached hydrogen (secondary N) is 4. The smallest absolute Gasteiger partial charge is 0.0815 e. The summed E-state index contributed by atoms with van der Waals surface area (Å²) in [6.07, 6.45) is 17.3. The van der Waals surface area contributed by atoms with E-state index in [9.17, 15) is 0 Å². The fraction of sp³-hybridized carbons (Fsp3) is 0.286. The molecular weight excluding hydrogens is 1460 g/mol. The topological polar surface area (TPSA) is 115 Å². The predicted molar refractivity (Wildman–Crippen MR) is 514 cm³/mol. The molecule has 8 nitrogen and oxygen atoms in total. The first-order valence-corrected chi connectivity index (χ1v) is 42.6. The van der Waals surface area contributed by atoms with E-state index in [0.717, 1.165) is 145 Å². The van der Waals surface area contributed by atoms with Gasteiger partial charge in [0.25, 0.3) is 0 Å². The monoisotopic (exact) mass is 1570 g/mol. The van der Waals surface area contributed by atoms with Crippen LogP contribution in [0.3, 0.4) is 0 Å². The third-order valence-corrected chi connectivity index (χ3v) is 23.9. The van der Waals surface area contributed by atoms with Crippen LogP contribution in [-0.2, 0) is 43.3 Å². The lowest BCUT2D eigenvalue weighted by atomic mass is 9.78. The summed E-state index contributed by atoms with van der Waals surface area (Å²) < 4.78 is 0. The number of benzene rings is 6. The van der Waals surface area contributed by atoms with Gasteiger partial charge in [0, 0.05) is 66.5 Å². The van der Waals surface area contributed by atoms with Crippen molar-refractivity contribution in [2.75, 3.05) is 0 Å². The van der Waals surface area contributed by atoms with Gasteiger partial charge in [-0.2, -0.15) is 0 Å². The first-order chi connectivity index (χ1) is 56.5. The highest BCUT2D eigenvalue weighted by Gasteiger charge is 2.31. The molecule has 8 heteroatoms. The maximum atomic E-state index is 5.79. The van der Waals surface area contributed by atoms with E-state index in [1.165, 1.54) is 44.5 Å². The van der Waals surface area contributed by atoms with Crippen molar-refractivity contribution in [2.45, 2.75) is 209 Å². The SMILES string of the molecule is CC(C)(C)c1cc(-c2c3nc(c(-c4ccccc4)c4ccc([nH]4)c(-c4cc(C(C)(C)C)cc(C(C)(C)C)c4)c4nc(c(C#CC#Cc5c6nc(c(-c7cc(C(C)(C)C)cc(C(C)(C)C)c7)c7ccc([nH]7)c(-c7ccccc7)c7nc(c(-c8cc(C(C)(C)C)cc(C(C)(C)C)c8)c8ccc5[nH]8)C=C7)C=C6)c5ccc2[nH]5)C=C4)C=C3)cc(C(C)(C)C)c1. The zero-order valence-electron chi connectivity index (χ0n) is 74.7. The van der Waals surface area contributed by atoms with E-state index in [1.54, 1.807) is 0 Å². The Hall–Kier alpha value is -12.4. The molecule has 16 rings (SSSR count). The number of rotatable bonds is 6. The quantitative estimate of drug-likeness (QED) is 0.124. The van der Waals surface area contributed by atoms with E-state index in [0.29, 0.717) is 22.5 Å². The van der Waals surface area contributed by atoms with Gasteiger partial charge in [-0.1, -0.05) is 300 Å². The van der Waals surface area contributed by atoms with Crippen molar-refractivity contribution in [1.82, 2.24) is 39.9 Å². The van der Waals surface area contributed by atoms with Crippen LogP contribution in [0.1, 0.15) is 267 Å². The number of nitrogens with zero attached hydrogens (tertiary/aromatic N) is 4. The fourth-order valence-corrected chi connectivity index (χ4v) is 16.4. The molecular formula is C112H114N8. The largest absolute Gasteiger partial charge is 0.354 e. The van der Waals surface area contributed by atoms with Gasteiger partial charge in [-0.15, -0.1) is 0 Å². The van der Waals surface area contributed by atoms with Crippen molar-refractivity contribution in [3.63, 3.8) is 0 Å². The van der Waals surface area contributed by atoms with Gasteiger partial charge in [0.1, 0.15) is 0 Å². The van der Waals surface area contributed by atoms with Crippen LogP contribution in [0.2, 0.25) is 0 Å². The zero-order valence-corrected chi connectivity index (χ0v) is 74.7. The highest BCUT2D eigenvalue weighted by atomic mass is 14.8. The van der Waals surface area contributed by atoms with E-state index in [-0.39, 0.29) is 43.3 Å². The van der Waals surface area contributed by atoms with Crippen LogP contribution < -0.4 is 0 Å². The van der Waals surface area contributed by atoms with Gasteiger partial charge in [-0.25, -0.2) is 19.9 Å². The van der Waals surface area contributed by atoms with Crippen LogP contribution in [0.25, 0.3) is 160 Å². The van der Waals surface area contributed by atoms with Crippen LogP contribution in [0.15, 0.2) is 182 Å². The summed E-state index contributed by atoms with van der Waals surface area (Å²) in [4.78, 5) is 39.2. The van der Waals surface area contributed by atoms with E-state index < -0.39 is 0 Å². The number of hydrogen-bond acceptors (Lipinski definition) is 4.